The molecule has 0 unspecified atom stereocenters. The van der Waals surface area contributed by atoms with Crippen LogP contribution in [0.15, 0.2) is 0 Å². The molecule has 0 aromatic rings. The molecule has 26 heavy (non-hydrogen) atoms. The van der Waals surface area contributed by atoms with Gasteiger partial charge in [0.15, 0.2) is 0 Å². The van der Waals surface area contributed by atoms with Crippen LogP contribution in [-0.4, -0.2) is 0 Å². The summed E-state index contributed by atoms with van der Waals surface area (Å²) in [6.07, 6.45) is 16.0. The van der Waals surface area contributed by atoms with Crippen LogP contribution in [0.4, 0.5) is 0 Å². The summed E-state index contributed by atoms with van der Waals surface area (Å²) >= 11 is 0. The molecule has 0 saturated carbocycles. The van der Waals surface area contributed by atoms with Gasteiger partial charge in [-0.25, -0.2) is 0 Å². The van der Waals surface area contributed by atoms with Crippen LogP contribution in [0.1, 0.15) is 90.9 Å². The molecule has 0 spiro atoms. The standard InChI is InChI=1S/2C8H17.H4O7P2.Zr/c2*1-3-5-7-8-6-4-2;1-8(2,3)7-9(4,5)6;/h2*1,3-8H2,2H3;(H2,1,2,3)(H2,4,5,6);/q2*-1;;+4/p-4. The molecule has 0 aliphatic carbocycles. The minimum atomic E-state index is -5.68. The predicted molar refractivity (Wildman–Crippen MR) is 93.8 cm³/mol. The molecule has 0 radical (unpaired) electrons. The molecule has 0 bridgehead atoms. The first-order valence-corrected chi connectivity index (χ1v) is 11.8. The first-order chi connectivity index (χ1) is 11.5. The van der Waals surface area contributed by atoms with Gasteiger partial charge in [0.25, 0.3) is 0 Å². The van der Waals surface area contributed by atoms with Crippen molar-refractivity contribution < 1.29 is 59.2 Å². The Hall–Kier alpha value is 1.14. The van der Waals surface area contributed by atoms with Crippen LogP contribution in [-0.2, 0) is 39.6 Å². The molecular formula is C16H34O7P2Zr-2. The second kappa shape index (κ2) is 24.2. The molecule has 10 heteroatoms. The topological polar surface area (TPSA) is 136 Å². The first kappa shape index (κ1) is 34.6. The molecular weight excluding hydrogens is 457 g/mol. The van der Waals surface area contributed by atoms with E-state index in [9.17, 15) is 28.7 Å². The molecule has 0 fully saturated rings. The Balaban J connectivity index is -0.000000137. The minimum absolute atomic E-state index is 0. The van der Waals surface area contributed by atoms with Crippen molar-refractivity contribution in [3.05, 3.63) is 13.8 Å². The zero-order chi connectivity index (χ0) is 20.2. The van der Waals surface area contributed by atoms with Gasteiger partial charge in [0.2, 0.25) is 0 Å². The van der Waals surface area contributed by atoms with E-state index in [-0.39, 0.29) is 26.2 Å². The summed E-state index contributed by atoms with van der Waals surface area (Å²) in [4.78, 5) is 37.3. The Morgan fingerprint density at radius 1 is 0.654 bits per heavy atom. The van der Waals surface area contributed by atoms with E-state index in [1.165, 1.54) is 64.2 Å². The van der Waals surface area contributed by atoms with E-state index in [0.717, 1.165) is 12.8 Å². The maximum atomic E-state index is 9.32. The molecule has 0 saturated heterocycles. The van der Waals surface area contributed by atoms with Gasteiger partial charge >= 0.3 is 26.2 Å². The Morgan fingerprint density at radius 2 is 0.923 bits per heavy atom. The van der Waals surface area contributed by atoms with Crippen LogP contribution < -0.4 is 19.6 Å². The molecule has 0 aromatic carbocycles. The van der Waals surface area contributed by atoms with Gasteiger partial charge in [-0.15, -0.1) is 0 Å². The second-order valence-electron chi connectivity index (χ2n) is 5.51. The zero-order valence-electron chi connectivity index (χ0n) is 16.2. The van der Waals surface area contributed by atoms with E-state index in [0.29, 0.717) is 0 Å². The zero-order valence-corrected chi connectivity index (χ0v) is 20.4. The van der Waals surface area contributed by atoms with Gasteiger partial charge in [-0.1, -0.05) is 78.1 Å². The fraction of sp³-hybridized carbons (Fsp3) is 0.875. The number of hydrogen-bond acceptors (Lipinski definition) is 7. The average Bonchev–Trinajstić information content (AvgIpc) is 2.46. The Labute approximate surface area is 179 Å². The number of unbranched alkanes of at least 4 members (excludes halogenated alkanes) is 10. The summed E-state index contributed by atoms with van der Waals surface area (Å²) in [6, 6.07) is 0. The molecule has 156 valence electrons. The summed E-state index contributed by atoms with van der Waals surface area (Å²) in [6.45, 7) is 12.0. The molecule has 0 amide bonds. The minimum Gasteiger partial charge on any atom is -0.790 e. The molecule has 0 heterocycles. The van der Waals surface area contributed by atoms with Gasteiger partial charge in [0.05, 0.1) is 15.6 Å². The Bertz CT molecular complexity index is 301. The fourth-order valence-corrected chi connectivity index (χ4v) is 2.66. The third kappa shape index (κ3) is 49.9. The van der Waals surface area contributed by atoms with Crippen LogP contribution in [0.25, 0.3) is 0 Å². The van der Waals surface area contributed by atoms with Crippen molar-refractivity contribution in [3.8, 4) is 0 Å². The fourth-order valence-electron chi connectivity index (χ4n) is 1.68. The van der Waals surface area contributed by atoms with E-state index in [2.05, 4.69) is 32.0 Å². The van der Waals surface area contributed by atoms with Gasteiger partial charge in [0.1, 0.15) is 0 Å². The smallest absolute Gasteiger partial charge is 0.790 e. The van der Waals surface area contributed by atoms with Gasteiger partial charge in [-0.2, -0.15) is 12.8 Å². The molecule has 0 rings (SSSR count). The van der Waals surface area contributed by atoms with Crippen molar-refractivity contribution in [2.75, 3.05) is 0 Å². The third-order valence-corrected chi connectivity index (χ3v) is 4.51. The molecule has 0 N–H and O–H groups in total. The van der Waals surface area contributed by atoms with Crippen molar-refractivity contribution in [1.29, 1.82) is 0 Å². The van der Waals surface area contributed by atoms with E-state index >= 15 is 0 Å². The summed E-state index contributed by atoms with van der Waals surface area (Å²) in [7, 11) is -11.4. The normalized spacial score (nSPS) is 10.8. The van der Waals surface area contributed by atoms with Gasteiger partial charge in [-0.05, 0) is 0 Å². The maximum Gasteiger partial charge on any atom is 4.00 e. The maximum absolute atomic E-state index is 9.32. The number of phosphoric acid groups is 2. The van der Waals surface area contributed by atoms with Crippen LogP contribution in [0.3, 0.4) is 0 Å². The molecule has 0 atom stereocenters. The number of rotatable bonds is 12. The van der Waals surface area contributed by atoms with Crippen LogP contribution >= 0.6 is 15.6 Å². The molecule has 0 aromatic heterocycles. The van der Waals surface area contributed by atoms with Crippen molar-refractivity contribution in [2.24, 2.45) is 0 Å². The first-order valence-electron chi connectivity index (χ1n) is 8.87. The van der Waals surface area contributed by atoms with Crippen molar-refractivity contribution in [3.63, 3.8) is 0 Å². The van der Waals surface area contributed by atoms with E-state index in [4.69, 9.17) is 0 Å². The third-order valence-electron chi connectivity index (χ3n) is 2.91. The van der Waals surface area contributed by atoms with Crippen LogP contribution in [0, 0.1) is 13.8 Å². The summed E-state index contributed by atoms with van der Waals surface area (Å²) in [5, 5.41) is 0. The Kier molecular flexibility index (Phi) is 32.2. The molecule has 0 aliphatic heterocycles. The van der Waals surface area contributed by atoms with Crippen molar-refractivity contribution >= 4 is 15.6 Å². The van der Waals surface area contributed by atoms with Crippen molar-refractivity contribution in [2.45, 2.75) is 90.9 Å². The van der Waals surface area contributed by atoms with E-state index < -0.39 is 15.6 Å². The summed E-state index contributed by atoms with van der Waals surface area (Å²) in [5.41, 5.74) is 0. The van der Waals surface area contributed by atoms with E-state index in [1.807, 2.05) is 0 Å². The van der Waals surface area contributed by atoms with Crippen LogP contribution in [0.2, 0.25) is 0 Å². The van der Waals surface area contributed by atoms with Gasteiger partial charge in [0, 0.05) is 0 Å². The van der Waals surface area contributed by atoms with Gasteiger partial charge in [-0.3, -0.25) is 0 Å². The quantitative estimate of drug-likeness (QED) is 0.232. The largest absolute Gasteiger partial charge is 4.00 e. The summed E-state index contributed by atoms with van der Waals surface area (Å²) < 4.78 is 21.2. The molecule has 0 aliphatic rings. The van der Waals surface area contributed by atoms with E-state index in [1.54, 1.807) is 0 Å². The average molecular weight is 492 g/mol. The number of hydrogen-bond donors (Lipinski definition) is 0. The second-order valence-corrected chi connectivity index (χ2v) is 7.95. The summed E-state index contributed by atoms with van der Waals surface area (Å²) in [5.74, 6) is 0. The SMILES string of the molecule is O=P([O-])([O-])OP(=O)([O-])[O-].[CH2-]CCCCCCC.[CH2-]CCCCCCC.[Zr+4]. The Morgan fingerprint density at radius 3 is 1.08 bits per heavy atom. The predicted octanol–water partition coefficient (Wildman–Crippen LogP) is 3.02. The monoisotopic (exact) mass is 490 g/mol. The van der Waals surface area contributed by atoms with Crippen molar-refractivity contribution in [1.82, 2.24) is 0 Å². The van der Waals surface area contributed by atoms with Crippen LogP contribution in [0.5, 0.6) is 0 Å². The van der Waals surface area contributed by atoms with Gasteiger partial charge < -0.3 is 46.9 Å². The molecule has 7 nitrogen and oxygen atoms in total.